The van der Waals surface area contributed by atoms with Crippen LogP contribution in [0.3, 0.4) is 0 Å². The van der Waals surface area contributed by atoms with Gasteiger partial charge in [0.25, 0.3) is 0 Å². The molecule has 0 bridgehead atoms. The summed E-state index contributed by atoms with van der Waals surface area (Å²) in [6, 6.07) is 6.70. The molecule has 0 atom stereocenters. The van der Waals surface area contributed by atoms with Crippen LogP contribution in [-0.2, 0) is 21.3 Å². The van der Waals surface area contributed by atoms with Crippen LogP contribution in [0.5, 0.6) is 0 Å². The van der Waals surface area contributed by atoms with Gasteiger partial charge in [-0.25, -0.2) is 18.1 Å². The minimum Gasteiger partial charge on any atom is -0.383 e. The van der Waals surface area contributed by atoms with E-state index in [-0.39, 0.29) is 11.4 Å². The SMILES string of the molecule is COCCNS(=O)(=O)c1cccc(CN=C(N)NCC2CCC2)c1. The normalized spacial score (nSPS) is 16.0. The van der Waals surface area contributed by atoms with Crippen LogP contribution < -0.4 is 15.8 Å². The molecule has 1 fully saturated rings. The van der Waals surface area contributed by atoms with E-state index in [1.807, 2.05) is 6.07 Å². The number of hydrogen-bond acceptors (Lipinski definition) is 4. The molecule has 1 aromatic carbocycles. The average Bonchev–Trinajstić information content (AvgIpc) is 2.52. The molecule has 1 aromatic rings. The van der Waals surface area contributed by atoms with Gasteiger partial charge >= 0.3 is 0 Å². The fraction of sp³-hybridized carbons (Fsp3) is 0.562. The summed E-state index contributed by atoms with van der Waals surface area (Å²) in [5.41, 5.74) is 6.64. The van der Waals surface area contributed by atoms with E-state index in [2.05, 4.69) is 15.0 Å². The lowest BCUT2D eigenvalue weighted by atomic mass is 9.85. The lowest BCUT2D eigenvalue weighted by Gasteiger charge is -2.25. The van der Waals surface area contributed by atoms with Crippen molar-refractivity contribution in [3.8, 4) is 0 Å². The number of nitrogens with two attached hydrogens (primary N) is 1. The summed E-state index contributed by atoms with van der Waals surface area (Å²) < 4.78 is 31.7. The molecule has 8 heteroatoms. The number of sulfonamides is 1. The first-order chi connectivity index (χ1) is 11.5. The molecule has 0 spiro atoms. The Labute approximate surface area is 143 Å². The molecule has 1 saturated carbocycles. The maximum atomic E-state index is 12.2. The largest absolute Gasteiger partial charge is 0.383 e. The van der Waals surface area contributed by atoms with Crippen molar-refractivity contribution in [2.75, 3.05) is 26.8 Å². The maximum absolute atomic E-state index is 12.2. The number of ether oxygens (including phenoxy) is 1. The van der Waals surface area contributed by atoms with E-state index < -0.39 is 10.0 Å². The van der Waals surface area contributed by atoms with Crippen molar-refractivity contribution in [1.29, 1.82) is 0 Å². The molecule has 4 N–H and O–H groups in total. The second-order valence-corrected chi connectivity index (χ2v) is 7.68. The minimum atomic E-state index is -3.54. The quantitative estimate of drug-likeness (QED) is 0.346. The molecule has 0 heterocycles. The van der Waals surface area contributed by atoms with Gasteiger partial charge in [0.2, 0.25) is 10.0 Å². The fourth-order valence-electron chi connectivity index (χ4n) is 2.35. The molecule has 2 rings (SSSR count). The Morgan fingerprint density at radius 1 is 1.42 bits per heavy atom. The molecule has 0 amide bonds. The van der Waals surface area contributed by atoms with Gasteiger partial charge in [-0.05, 0) is 36.5 Å². The number of guanidine groups is 1. The Balaban J connectivity index is 1.91. The third-order valence-electron chi connectivity index (χ3n) is 4.04. The smallest absolute Gasteiger partial charge is 0.240 e. The zero-order valence-corrected chi connectivity index (χ0v) is 14.8. The van der Waals surface area contributed by atoms with E-state index >= 15 is 0 Å². The third kappa shape index (κ3) is 5.77. The van der Waals surface area contributed by atoms with Gasteiger partial charge < -0.3 is 15.8 Å². The van der Waals surface area contributed by atoms with Gasteiger partial charge in [-0.15, -0.1) is 0 Å². The van der Waals surface area contributed by atoms with Crippen LogP contribution in [0, 0.1) is 5.92 Å². The van der Waals surface area contributed by atoms with Crippen molar-refractivity contribution in [2.24, 2.45) is 16.6 Å². The molecule has 0 unspecified atom stereocenters. The van der Waals surface area contributed by atoms with E-state index in [0.29, 0.717) is 25.0 Å². The van der Waals surface area contributed by atoms with Gasteiger partial charge in [0, 0.05) is 20.2 Å². The Morgan fingerprint density at radius 2 is 2.21 bits per heavy atom. The summed E-state index contributed by atoms with van der Waals surface area (Å²) in [5.74, 6) is 1.10. The monoisotopic (exact) mass is 354 g/mol. The Hall–Kier alpha value is -1.64. The summed E-state index contributed by atoms with van der Waals surface area (Å²) >= 11 is 0. The van der Waals surface area contributed by atoms with Gasteiger partial charge in [0.15, 0.2) is 5.96 Å². The molecule has 7 nitrogen and oxygen atoms in total. The van der Waals surface area contributed by atoms with Gasteiger partial charge in [-0.1, -0.05) is 18.6 Å². The highest BCUT2D eigenvalue weighted by Gasteiger charge is 2.17. The predicted molar refractivity (Wildman–Crippen MR) is 94.2 cm³/mol. The highest BCUT2D eigenvalue weighted by Crippen LogP contribution is 2.25. The van der Waals surface area contributed by atoms with Crippen LogP contribution in [-0.4, -0.2) is 41.2 Å². The van der Waals surface area contributed by atoms with Crippen LogP contribution in [0.1, 0.15) is 24.8 Å². The second kappa shape index (κ2) is 9.00. The summed E-state index contributed by atoms with van der Waals surface area (Å²) in [6.07, 6.45) is 3.79. The first kappa shape index (κ1) is 18.7. The van der Waals surface area contributed by atoms with Crippen LogP contribution in [0.15, 0.2) is 34.2 Å². The van der Waals surface area contributed by atoms with Gasteiger partial charge in [0.1, 0.15) is 0 Å². The molecule has 134 valence electrons. The van der Waals surface area contributed by atoms with Gasteiger partial charge in [-0.3, -0.25) is 0 Å². The molecule has 24 heavy (non-hydrogen) atoms. The topological polar surface area (TPSA) is 106 Å². The van der Waals surface area contributed by atoms with Crippen molar-refractivity contribution < 1.29 is 13.2 Å². The molecule has 0 radical (unpaired) electrons. The molecule has 1 aliphatic carbocycles. The van der Waals surface area contributed by atoms with Crippen LogP contribution >= 0.6 is 0 Å². The Morgan fingerprint density at radius 3 is 2.88 bits per heavy atom. The van der Waals surface area contributed by atoms with E-state index in [4.69, 9.17) is 10.5 Å². The molecule has 0 saturated heterocycles. The van der Waals surface area contributed by atoms with Crippen molar-refractivity contribution in [2.45, 2.75) is 30.7 Å². The molecular weight excluding hydrogens is 328 g/mol. The molecule has 1 aliphatic rings. The summed E-state index contributed by atoms with van der Waals surface area (Å²) in [6.45, 7) is 1.75. The number of aliphatic imine (C=N–C) groups is 1. The number of nitrogens with zero attached hydrogens (tertiary/aromatic N) is 1. The first-order valence-electron chi connectivity index (χ1n) is 8.12. The summed E-state index contributed by atoms with van der Waals surface area (Å²) in [5, 5.41) is 3.12. The van der Waals surface area contributed by atoms with E-state index in [9.17, 15) is 8.42 Å². The first-order valence-corrected chi connectivity index (χ1v) is 9.61. The molecular formula is C16H26N4O3S. The zero-order chi connectivity index (χ0) is 17.4. The number of nitrogens with one attached hydrogen (secondary N) is 2. The van der Waals surface area contributed by atoms with E-state index in [0.717, 1.165) is 12.1 Å². The summed E-state index contributed by atoms with van der Waals surface area (Å²) in [4.78, 5) is 4.49. The van der Waals surface area contributed by atoms with Crippen LogP contribution in [0.4, 0.5) is 0 Å². The van der Waals surface area contributed by atoms with Crippen molar-refractivity contribution >= 4 is 16.0 Å². The third-order valence-corrected chi connectivity index (χ3v) is 5.49. The summed E-state index contributed by atoms with van der Waals surface area (Å²) in [7, 11) is -2.01. The van der Waals surface area contributed by atoms with Crippen molar-refractivity contribution in [1.82, 2.24) is 10.0 Å². The Bertz CT molecular complexity index is 657. The van der Waals surface area contributed by atoms with Crippen molar-refractivity contribution in [3.05, 3.63) is 29.8 Å². The van der Waals surface area contributed by atoms with Crippen molar-refractivity contribution in [3.63, 3.8) is 0 Å². The van der Waals surface area contributed by atoms with Crippen LogP contribution in [0.2, 0.25) is 0 Å². The van der Waals surface area contributed by atoms with E-state index in [1.165, 1.54) is 26.4 Å². The number of rotatable bonds is 9. The van der Waals surface area contributed by atoms with Gasteiger partial charge in [0.05, 0.1) is 18.0 Å². The zero-order valence-electron chi connectivity index (χ0n) is 14.0. The van der Waals surface area contributed by atoms with E-state index in [1.54, 1.807) is 18.2 Å². The van der Waals surface area contributed by atoms with Gasteiger partial charge in [-0.2, -0.15) is 0 Å². The average molecular weight is 354 g/mol. The maximum Gasteiger partial charge on any atom is 0.240 e. The highest BCUT2D eigenvalue weighted by molar-refractivity contribution is 7.89. The standard InChI is InChI=1S/C16H26N4O3S/c1-23-9-8-20-24(21,22)15-7-3-6-14(10-15)12-19-16(17)18-11-13-4-2-5-13/h3,6-7,10,13,20H,2,4-5,8-9,11-12H2,1H3,(H3,17,18,19). The number of methoxy groups -OCH3 is 1. The predicted octanol–water partition coefficient (Wildman–Crippen LogP) is 0.816. The lowest BCUT2D eigenvalue weighted by Crippen LogP contribution is -2.37. The molecule has 0 aliphatic heterocycles. The second-order valence-electron chi connectivity index (χ2n) is 5.92. The highest BCUT2D eigenvalue weighted by atomic mass is 32.2. The van der Waals surface area contributed by atoms with Crippen LogP contribution in [0.25, 0.3) is 0 Å². The number of benzene rings is 1. The molecule has 0 aromatic heterocycles. The Kier molecular flexibility index (Phi) is 7.01. The fourth-order valence-corrected chi connectivity index (χ4v) is 3.43. The number of hydrogen-bond donors (Lipinski definition) is 3. The minimum absolute atomic E-state index is 0.215. The lowest BCUT2D eigenvalue weighted by molar-refractivity contribution is 0.204.